The minimum atomic E-state index is 0. The number of hydrogen-bond acceptors (Lipinski definition) is 0. The summed E-state index contributed by atoms with van der Waals surface area (Å²) in [6.45, 7) is 14.1. The smallest absolute Gasteiger partial charge is 1.00 e. The summed E-state index contributed by atoms with van der Waals surface area (Å²) in [4.78, 5) is 0. The molecule has 0 aliphatic heterocycles. The van der Waals surface area contributed by atoms with E-state index in [1.807, 2.05) is 0 Å². The van der Waals surface area contributed by atoms with Gasteiger partial charge in [-0.1, -0.05) is 126 Å². The van der Waals surface area contributed by atoms with E-state index in [1.54, 1.807) is 5.56 Å². The topological polar surface area (TPSA) is 0 Å². The minimum absolute atomic E-state index is 0. The van der Waals surface area contributed by atoms with Crippen LogP contribution in [-0.2, 0) is 37.0 Å². The van der Waals surface area contributed by atoms with Crippen LogP contribution < -0.4 is 24.8 Å². The summed E-state index contributed by atoms with van der Waals surface area (Å²) in [5, 5.41) is 0. The largest absolute Gasteiger partial charge is 2.00 e. The molecule has 2 unspecified atom stereocenters. The summed E-state index contributed by atoms with van der Waals surface area (Å²) >= 11 is 0. The van der Waals surface area contributed by atoms with Gasteiger partial charge in [0, 0.05) is 11.8 Å². The van der Waals surface area contributed by atoms with Crippen LogP contribution in [0, 0.1) is 0 Å². The van der Waals surface area contributed by atoms with Crippen LogP contribution in [0.4, 0.5) is 0 Å². The van der Waals surface area contributed by atoms with Crippen molar-refractivity contribution in [2.24, 2.45) is 0 Å². The zero-order valence-corrected chi connectivity index (χ0v) is 27.9. The summed E-state index contributed by atoms with van der Waals surface area (Å²) in [7, 11) is 0. The summed E-state index contributed by atoms with van der Waals surface area (Å²) < 4.78 is 0. The Balaban J connectivity index is 0.00000140. The van der Waals surface area contributed by atoms with Crippen LogP contribution in [-0.4, -0.2) is 0 Å². The third-order valence-electron chi connectivity index (χ3n) is 8.52. The van der Waals surface area contributed by atoms with Crippen molar-refractivity contribution in [3.63, 3.8) is 0 Å². The molecule has 0 nitrogen and oxygen atoms in total. The van der Waals surface area contributed by atoms with E-state index in [0.717, 1.165) is 12.8 Å². The summed E-state index contributed by atoms with van der Waals surface area (Å²) in [5.41, 5.74) is 15.2. The summed E-state index contributed by atoms with van der Waals surface area (Å²) in [5.74, 6) is 0.908. The van der Waals surface area contributed by atoms with Gasteiger partial charge >= 0.3 is 26.2 Å². The molecule has 2 aliphatic rings. The Kier molecular flexibility index (Phi) is 9.54. The molecule has 0 amide bonds. The van der Waals surface area contributed by atoms with Crippen molar-refractivity contribution in [1.82, 2.24) is 0 Å². The van der Waals surface area contributed by atoms with Crippen LogP contribution >= 0.6 is 0 Å². The second-order valence-electron chi connectivity index (χ2n) is 12.9. The van der Waals surface area contributed by atoms with E-state index in [0.29, 0.717) is 11.8 Å². The van der Waals surface area contributed by atoms with Gasteiger partial charge in [0.05, 0.1) is 0 Å². The second kappa shape index (κ2) is 11.7. The SMILES string of the molecule is CC(C)(C)c1cccc2c1-c1ccccc1C2CCC1c2ccccc2-c2cccc(C(C)(C)C)c21.[Cl-].[Cl-].[Zr+2]. The average molecular weight is 633 g/mol. The molecule has 39 heavy (non-hydrogen) atoms. The Labute approximate surface area is 267 Å². The normalized spacial score (nSPS) is 16.6. The predicted octanol–water partition coefficient (Wildman–Crippen LogP) is 3.99. The van der Waals surface area contributed by atoms with E-state index in [4.69, 9.17) is 0 Å². The van der Waals surface area contributed by atoms with Crippen LogP contribution in [0.3, 0.4) is 0 Å². The number of rotatable bonds is 3. The first-order valence-corrected chi connectivity index (χ1v) is 13.6. The molecule has 200 valence electrons. The molecule has 0 saturated carbocycles. The van der Waals surface area contributed by atoms with E-state index in [1.165, 1.54) is 50.1 Å². The van der Waals surface area contributed by atoms with Gasteiger partial charge in [-0.3, -0.25) is 0 Å². The molecule has 0 aromatic heterocycles. The first-order valence-electron chi connectivity index (χ1n) is 13.6. The van der Waals surface area contributed by atoms with Crippen molar-refractivity contribution in [1.29, 1.82) is 0 Å². The van der Waals surface area contributed by atoms with Crippen LogP contribution in [0.2, 0.25) is 0 Å². The molecule has 4 aromatic carbocycles. The summed E-state index contributed by atoms with van der Waals surface area (Å²) in [6.07, 6.45) is 2.32. The van der Waals surface area contributed by atoms with E-state index in [9.17, 15) is 0 Å². The maximum atomic E-state index is 2.40. The Bertz CT molecular complexity index is 1470. The van der Waals surface area contributed by atoms with E-state index < -0.39 is 0 Å². The van der Waals surface area contributed by atoms with Crippen molar-refractivity contribution >= 4 is 0 Å². The molecule has 0 radical (unpaired) electrons. The van der Waals surface area contributed by atoms with Crippen LogP contribution in [0.25, 0.3) is 22.3 Å². The van der Waals surface area contributed by atoms with Crippen molar-refractivity contribution in [2.45, 2.75) is 77.0 Å². The van der Waals surface area contributed by atoms with Crippen LogP contribution in [0.15, 0.2) is 84.9 Å². The van der Waals surface area contributed by atoms with Gasteiger partial charge in [-0.05, 0) is 79.3 Å². The minimum Gasteiger partial charge on any atom is -1.00 e. The molecule has 0 heterocycles. The number of hydrogen-bond donors (Lipinski definition) is 0. The molecule has 2 atom stereocenters. The van der Waals surface area contributed by atoms with Crippen molar-refractivity contribution in [3.05, 3.63) is 118 Å². The van der Waals surface area contributed by atoms with Gasteiger partial charge in [0.15, 0.2) is 0 Å². The monoisotopic (exact) mass is 630 g/mol. The molecule has 0 bridgehead atoms. The van der Waals surface area contributed by atoms with Gasteiger partial charge in [0.1, 0.15) is 0 Å². The van der Waals surface area contributed by atoms with Crippen molar-refractivity contribution in [2.75, 3.05) is 0 Å². The molecule has 0 N–H and O–H groups in total. The Morgan fingerprint density at radius 1 is 0.487 bits per heavy atom. The van der Waals surface area contributed by atoms with Crippen molar-refractivity contribution < 1.29 is 51.0 Å². The fourth-order valence-electron chi connectivity index (χ4n) is 6.96. The Hall–Kier alpha value is -1.66. The number of halogens is 2. The van der Waals surface area contributed by atoms with E-state index >= 15 is 0 Å². The molecule has 0 fully saturated rings. The standard InChI is InChI=1S/C36H38.2ClH.Zr/c1-35(2,3)31-19-12-18-29-26(25-15-9-10-16-27(25)33(29)31)21-22-30-24-14-8-7-13-23(24)28-17-11-20-32(34(28)30)36(4,5)6;;;/h7-20,26,30H,21-22H2,1-6H3;2*1H;/q;;;+2/p-2. The molecule has 0 saturated heterocycles. The zero-order valence-electron chi connectivity index (χ0n) is 23.9. The molecule has 2 aliphatic carbocycles. The van der Waals surface area contributed by atoms with E-state index in [-0.39, 0.29) is 61.8 Å². The Morgan fingerprint density at radius 3 is 1.59 bits per heavy atom. The molecule has 6 rings (SSSR count). The maximum absolute atomic E-state index is 2.40. The fraction of sp³-hybridized carbons (Fsp3) is 0.333. The third kappa shape index (κ3) is 5.37. The molecule has 3 heteroatoms. The zero-order chi connectivity index (χ0) is 25.2. The van der Waals surface area contributed by atoms with Gasteiger partial charge in [-0.15, -0.1) is 0 Å². The first kappa shape index (κ1) is 31.9. The van der Waals surface area contributed by atoms with Gasteiger partial charge in [0.2, 0.25) is 0 Å². The maximum Gasteiger partial charge on any atom is 2.00 e. The molecule has 4 aromatic rings. The fourth-order valence-corrected chi connectivity index (χ4v) is 6.96. The predicted molar refractivity (Wildman–Crippen MR) is 154 cm³/mol. The molecular formula is C36H38Cl2Zr. The van der Waals surface area contributed by atoms with Crippen molar-refractivity contribution in [3.8, 4) is 22.3 Å². The third-order valence-corrected chi connectivity index (χ3v) is 8.52. The average Bonchev–Trinajstić information content (AvgIpc) is 3.34. The second-order valence-corrected chi connectivity index (χ2v) is 12.9. The van der Waals surface area contributed by atoms with Crippen LogP contribution in [0.5, 0.6) is 0 Å². The van der Waals surface area contributed by atoms with E-state index in [2.05, 4.69) is 126 Å². The van der Waals surface area contributed by atoms with Crippen LogP contribution in [0.1, 0.15) is 99.6 Å². The molecular weight excluding hydrogens is 595 g/mol. The van der Waals surface area contributed by atoms with Gasteiger partial charge < -0.3 is 24.8 Å². The quantitative estimate of drug-likeness (QED) is 0.321. The number of benzene rings is 4. The molecule has 0 spiro atoms. The summed E-state index contributed by atoms with van der Waals surface area (Å²) in [6, 6.07) is 32.3. The van der Waals surface area contributed by atoms with Gasteiger partial charge in [-0.25, -0.2) is 0 Å². The van der Waals surface area contributed by atoms with Gasteiger partial charge in [0.25, 0.3) is 0 Å². The Morgan fingerprint density at radius 2 is 0.949 bits per heavy atom. The number of fused-ring (bicyclic) bond motifs is 6. The van der Waals surface area contributed by atoms with Gasteiger partial charge in [-0.2, -0.15) is 0 Å². The first-order chi connectivity index (χ1) is 17.2.